The number of phenolic OH excluding ortho intramolecular Hbond substituents is 1. The number of nitrogens with zero attached hydrogens (tertiary/aromatic N) is 1. The number of phenols is 1. The second kappa shape index (κ2) is 13.6. The number of fused-ring (bicyclic) bond motifs is 1. The lowest BCUT2D eigenvalue weighted by Gasteiger charge is -2.36. The van der Waals surface area contributed by atoms with Gasteiger partial charge < -0.3 is 20.4 Å². The Morgan fingerprint density at radius 2 is 1.52 bits per heavy atom. The van der Waals surface area contributed by atoms with E-state index in [0.29, 0.717) is 5.56 Å². The highest BCUT2D eigenvalue weighted by Gasteiger charge is 2.55. The van der Waals surface area contributed by atoms with Crippen LogP contribution in [0.15, 0.2) is 83.9 Å². The van der Waals surface area contributed by atoms with E-state index in [4.69, 9.17) is 0 Å². The minimum absolute atomic E-state index is 0.0146. The first-order valence-corrected chi connectivity index (χ1v) is 15.0. The molecule has 4 N–H and O–H groups in total. The van der Waals surface area contributed by atoms with Gasteiger partial charge in [0.2, 0.25) is 11.8 Å². The molecule has 48 heavy (non-hydrogen) atoms. The van der Waals surface area contributed by atoms with Gasteiger partial charge in [-0.05, 0) is 77.4 Å². The second-order valence-corrected chi connectivity index (χ2v) is 11.8. The Bertz CT molecular complexity index is 1720. The van der Waals surface area contributed by atoms with Crippen LogP contribution in [0.3, 0.4) is 0 Å². The summed E-state index contributed by atoms with van der Waals surface area (Å²) < 4.78 is 81.5. The van der Waals surface area contributed by atoms with Crippen molar-refractivity contribution < 1.29 is 56.4 Å². The zero-order valence-corrected chi connectivity index (χ0v) is 25.2. The number of anilines is 1. The van der Waals surface area contributed by atoms with E-state index in [1.807, 2.05) is 36.4 Å². The third kappa shape index (κ3) is 7.03. The zero-order valence-electron chi connectivity index (χ0n) is 25.2. The lowest BCUT2D eigenvalue weighted by Crippen LogP contribution is -2.39. The minimum Gasteiger partial charge on any atom is -0.508 e. The number of hydrogen-bond donors (Lipinski definition) is 4. The number of rotatable bonds is 9. The largest absolute Gasteiger partial charge is 0.508 e. The van der Waals surface area contributed by atoms with E-state index in [9.17, 15) is 56.4 Å². The number of benzene rings is 3. The van der Waals surface area contributed by atoms with Gasteiger partial charge in [0.15, 0.2) is 0 Å². The average Bonchev–Trinajstić information content (AvgIpc) is 3.29. The van der Waals surface area contributed by atoms with Crippen molar-refractivity contribution >= 4 is 29.2 Å². The maximum absolute atomic E-state index is 13.7. The van der Waals surface area contributed by atoms with Gasteiger partial charge in [-0.15, -0.1) is 0 Å². The number of allylic oxidation sites excluding steroid dienone is 1. The van der Waals surface area contributed by atoms with Crippen LogP contribution in [0.25, 0.3) is 11.6 Å². The van der Waals surface area contributed by atoms with Crippen molar-refractivity contribution in [3.8, 4) is 5.75 Å². The Kier molecular flexibility index (Phi) is 9.86. The van der Waals surface area contributed by atoms with E-state index in [2.05, 4.69) is 0 Å². The summed E-state index contributed by atoms with van der Waals surface area (Å²) in [5, 5.41) is 42.1. The number of carbonyl (C=O) groups is 2. The number of amides is 2. The quantitative estimate of drug-likeness (QED) is 0.0927. The van der Waals surface area contributed by atoms with Crippen LogP contribution in [-0.2, 0) is 21.9 Å². The third-order valence-electron chi connectivity index (χ3n) is 8.80. The normalized spacial score (nSPS) is 21.1. The molecule has 1 heterocycles. The van der Waals surface area contributed by atoms with Crippen LogP contribution >= 0.6 is 0 Å². The van der Waals surface area contributed by atoms with Crippen molar-refractivity contribution in [3.05, 3.63) is 106 Å². The van der Waals surface area contributed by atoms with E-state index >= 15 is 0 Å². The Morgan fingerprint density at radius 3 is 2.08 bits per heavy atom. The van der Waals surface area contributed by atoms with Crippen LogP contribution in [0, 0.1) is 17.8 Å². The number of aliphatic hydroxyl groups excluding tert-OH is 3. The maximum atomic E-state index is 13.7. The standard InChI is InChI=1S/C35H31F6NO6/c36-34(37,38)23-14-24(35(39,40)41)16-25(15-23)42-32(47)27-13-22(17-43)30(28(18-44)31(27)33(42)48)29(46)10-9-21(20-6-2-1-3-7-20)11-19-5-4-8-26(45)12-19/h1-8,11-12,14-16,27-29,31,43-46H,9-10,13,17-18H2/b21-11-/t27-,28+,29-,31-/m1/s1. The molecule has 0 aromatic heterocycles. The first kappa shape index (κ1) is 34.9. The van der Waals surface area contributed by atoms with Gasteiger partial charge in [-0.25, -0.2) is 4.90 Å². The molecule has 13 heteroatoms. The highest BCUT2D eigenvalue weighted by Crippen LogP contribution is 2.48. The molecular formula is C35H31F6NO6. The number of halogens is 6. The summed E-state index contributed by atoms with van der Waals surface area (Å²) in [4.78, 5) is 27.5. The van der Waals surface area contributed by atoms with E-state index in [-0.39, 0.29) is 59.3 Å². The molecule has 2 aliphatic rings. The number of imide groups is 1. The van der Waals surface area contributed by atoms with Gasteiger partial charge in [0.1, 0.15) is 5.75 Å². The summed E-state index contributed by atoms with van der Waals surface area (Å²) in [7, 11) is 0. The van der Waals surface area contributed by atoms with Gasteiger partial charge in [-0.1, -0.05) is 48.5 Å². The molecule has 0 saturated carbocycles. The van der Waals surface area contributed by atoms with Crippen molar-refractivity contribution in [2.24, 2.45) is 17.8 Å². The van der Waals surface area contributed by atoms with Crippen LogP contribution in [0.2, 0.25) is 0 Å². The number of alkyl halides is 6. The summed E-state index contributed by atoms with van der Waals surface area (Å²) in [6.07, 6.45) is -10.0. The van der Waals surface area contributed by atoms with Gasteiger partial charge in [0, 0.05) is 5.92 Å². The molecule has 3 aromatic carbocycles. The molecule has 1 saturated heterocycles. The molecular weight excluding hydrogens is 644 g/mol. The minimum atomic E-state index is -5.22. The van der Waals surface area contributed by atoms with Crippen molar-refractivity contribution in [3.63, 3.8) is 0 Å². The van der Waals surface area contributed by atoms with Gasteiger partial charge >= 0.3 is 12.4 Å². The van der Waals surface area contributed by atoms with Crippen LogP contribution < -0.4 is 4.90 Å². The molecule has 254 valence electrons. The van der Waals surface area contributed by atoms with Gasteiger partial charge in [-0.2, -0.15) is 26.3 Å². The van der Waals surface area contributed by atoms with Crippen LogP contribution in [0.4, 0.5) is 32.0 Å². The molecule has 1 fully saturated rings. The summed E-state index contributed by atoms with van der Waals surface area (Å²) in [6, 6.07) is 16.1. The number of aliphatic hydroxyl groups is 3. The smallest absolute Gasteiger partial charge is 0.416 e. The Balaban J connectivity index is 1.47. The van der Waals surface area contributed by atoms with Crippen molar-refractivity contribution in [2.45, 2.75) is 37.7 Å². The van der Waals surface area contributed by atoms with Crippen LogP contribution in [0.1, 0.15) is 41.5 Å². The lowest BCUT2D eigenvalue weighted by molar-refractivity contribution is -0.143. The monoisotopic (exact) mass is 675 g/mol. The lowest BCUT2D eigenvalue weighted by atomic mass is 9.68. The topological polar surface area (TPSA) is 118 Å². The predicted molar refractivity (Wildman–Crippen MR) is 163 cm³/mol. The third-order valence-corrected chi connectivity index (χ3v) is 8.80. The second-order valence-electron chi connectivity index (χ2n) is 11.8. The molecule has 2 amide bonds. The van der Waals surface area contributed by atoms with Gasteiger partial charge in [0.05, 0.1) is 48.0 Å². The van der Waals surface area contributed by atoms with Crippen LogP contribution in [0.5, 0.6) is 5.75 Å². The highest BCUT2D eigenvalue weighted by molar-refractivity contribution is 6.22. The fourth-order valence-electron chi connectivity index (χ4n) is 6.64. The van der Waals surface area contributed by atoms with Crippen LogP contribution in [-0.4, -0.2) is 51.6 Å². The van der Waals surface area contributed by atoms with Gasteiger partial charge in [0.25, 0.3) is 0 Å². The molecule has 1 aliphatic carbocycles. The molecule has 3 aromatic rings. The first-order valence-electron chi connectivity index (χ1n) is 15.0. The summed E-state index contributed by atoms with van der Waals surface area (Å²) in [5.74, 6) is -6.13. The Morgan fingerprint density at radius 1 is 0.875 bits per heavy atom. The SMILES string of the molecule is O=C1[C@@H]2[C@@H](CC(CO)=C([C@H](O)CC/C(=C/c3cccc(O)c3)c3ccccc3)[C@@H]2CO)C(=O)N1c1cc(C(F)(F)F)cc(C(F)(F)F)c1. The molecule has 4 atom stereocenters. The molecule has 0 spiro atoms. The molecule has 5 rings (SSSR count). The molecule has 0 radical (unpaired) electrons. The highest BCUT2D eigenvalue weighted by atomic mass is 19.4. The Hall–Kier alpha value is -4.46. The van der Waals surface area contributed by atoms with E-state index in [1.165, 1.54) is 6.07 Å². The summed E-state index contributed by atoms with van der Waals surface area (Å²) in [6.45, 7) is -1.48. The van der Waals surface area contributed by atoms with Crippen molar-refractivity contribution in [2.75, 3.05) is 18.1 Å². The summed E-state index contributed by atoms with van der Waals surface area (Å²) in [5.41, 5.74) is -1.87. The fourth-order valence-corrected chi connectivity index (χ4v) is 6.64. The number of hydrogen-bond acceptors (Lipinski definition) is 6. The molecule has 0 bridgehead atoms. The zero-order chi connectivity index (χ0) is 35.0. The molecule has 7 nitrogen and oxygen atoms in total. The van der Waals surface area contributed by atoms with Gasteiger partial charge in [-0.3, -0.25) is 9.59 Å². The number of aromatic hydroxyl groups is 1. The predicted octanol–water partition coefficient (Wildman–Crippen LogP) is 6.22. The molecule has 0 unspecified atom stereocenters. The van der Waals surface area contributed by atoms with Crippen molar-refractivity contribution in [1.29, 1.82) is 0 Å². The fraction of sp³-hybridized carbons (Fsp3) is 0.314. The van der Waals surface area contributed by atoms with Crippen molar-refractivity contribution in [1.82, 2.24) is 0 Å². The van der Waals surface area contributed by atoms with E-state index in [0.717, 1.165) is 11.1 Å². The Labute approximate surface area is 271 Å². The first-order chi connectivity index (χ1) is 22.6. The molecule has 1 aliphatic heterocycles. The summed E-state index contributed by atoms with van der Waals surface area (Å²) >= 11 is 0. The van der Waals surface area contributed by atoms with E-state index in [1.54, 1.807) is 18.2 Å². The maximum Gasteiger partial charge on any atom is 0.416 e. The van der Waals surface area contributed by atoms with E-state index < -0.39 is 78.1 Å². The number of carbonyl (C=O) groups excluding carboxylic acids is 2. The average molecular weight is 676 g/mol.